The molecule has 0 saturated carbocycles. The molecule has 1 aliphatic carbocycles. The smallest absolute Gasteiger partial charge is 0.273 e. The molecule has 5 heteroatoms. The maximum atomic E-state index is 12.8. The molecule has 0 atom stereocenters. The van der Waals surface area contributed by atoms with Crippen LogP contribution in [0.4, 0.5) is 0 Å². The summed E-state index contributed by atoms with van der Waals surface area (Å²) in [5, 5.41) is 3.22. The zero-order valence-corrected chi connectivity index (χ0v) is 14.1. The van der Waals surface area contributed by atoms with Crippen LogP contribution in [-0.2, 0) is 17.6 Å². The molecule has 2 aliphatic rings. The highest BCUT2D eigenvalue weighted by atomic mass is 16.2. The van der Waals surface area contributed by atoms with Crippen LogP contribution in [0.25, 0.3) is 0 Å². The first-order chi connectivity index (χ1) is 12.2. The lowest BCUT2D eigenvalue weighted by Gasteiger charge is -2.28. The van der Waals surface area contributed by atoms with Gasteiger partial charge in [0.25, 0.3) is 5.91 Å². The minimum absolute atomic E-state index is 0.0487. The minimum Gasteiger partial charge on any atom is -0.273 e. The third-order valence-electron chi connectivity index (χ3n) is 5.06. The van der Waals surface area contributed by atoms with Crippen molar-refractivity contribution in [2.45, 2.75) is 25.7 Å². The van der Waals surface area contributed by atoms with E-state index in [0.29, 0.717) is 31.0 Å². The fourth-order valence-corrected chi connectivity index (χ4v) is 3.87. The Morgan fingerprint density at radius 3 is 2.40 bits per heavy atom. The lowest BCUT2D eigenvalue weighted by molar-refractivity contribution is -0.141. The Hall–Kier alpha value is -2.69. The third-order valence-corrected chi connectivity index (χ3v) is 5.06. The average Bonchev–Trinajstić information content (AvgIpc) is 3.28. The molecular weight excluding hydrogens is 314 g/mol. The van der Waals surface area contributed by atoms with Crippen molar-refractivity contribution in [1.29, 1.82) is 0 Å². The Balaban J connectivity index is 1.42. The quantitative estimate of drug-likeness (QED) is 0.866. The van der Waals surface area contributed by atoms with E-state index < -0.39 is 0 Å². The third kappa shape index (κ3) is 3.14. The van der Waals surface area contributed by atoms with Gasteiger partial charge in [0.2, 0.25) is 5.91 Å². The fourth-order valence-electron chi connectivity index (χ4n) is 3.87. The first-order valence-electron chi connectivity index (χ1n) is 8.81. The number of carbonyl (C=O) groups is 2. The topological polar surface area (TPSA) is 53.5 Å². The van der Waals surface area contributed by atoms with Crippen molar-refractivity contribution in [2.24, 2.45) is 5.92 Å². The molecule has 1 fully saturated rings. The number of hydrogen-bond donors (Lipinski definition) is 0. The molecule has 1 aromatic carbocycles. The zero-order valence-electron chi connectivity index (χ0n) is 14.1. The maximum absolute atomic E-state index is 12.8. The standard InChI is InChI=1S/C20H21N3O2/c24-19(13-15-11-16-5-1-2-6-17(16)12-15)22-9-4-10-23(22)20(25)18-7-3-8-21-14-18/h1-3,5-8,14-15H,4,9-13H2. The summed E-state index contributed by atoms with van der Waals surface area (Å²) in [5.41, 5.74) is 3.23. The largest absolute Gasteiger partial charge is 0.274 e. The molecule has 0 spiro atoms. The van der Waals surface area contributed by atoms with Gasteiger partial charge in [-0.15, -0.1) is 0 Å². The fraction of sp³-hybridized carbons (Fsp3) is 0.350. The van der Waals surface area contributed by atoms with Crippen molar-refractivity contribution >= 4 is 11.8 Å². The van der Waals surface area contributed by atoms with Crippen LogP contribution in [0, 0.1) is 5.92 Å². The highest BCUT2D eigenvalue weighted by Gasteiger charge is 2.33. The molecule has 1 aliphatic heterocycles. The van der Waals surface area contributed by atoms with E-state index in [0.717, 1.165) is 19.3 Å². The Morgan fingerprint density at radius 2 is 1.72 bits per heavy atom. The van der Waals surface area contributed by atoms with Gasteiger partial charge in [-0.1, -0.05) is 24.3 Å². The van der Waals surface area contributed by atoms with Crippen molar-refractivity contribution < 1.29 is 9.59 Å². The SMILES string of the molecule is O=C(CC1Cc2ccccc2C1)N1CCCN1C(=O)c1cccnc1. The molecule has 128 valence electrons. The molecule has 0 unspecified atom stereocenters. The van der Waals surface area contributed by atoms with Crippen molar-refractivity contribution in [1.82, 2.24) is 15.0 Å². The molecule has 4 rings (SSSR count). The molecule has 2 heterocycles. The van der Waals surface area contributed by atoms with Gasteiger partial charge in [-0.25, -0.2) is 5.01 Å². The summed E-state index contributed by atoms with van der Waals surface area (Å²) in [4.78, 5) is 29.5. The highest BCUT2D eigenvalue weighted by Crippen LogP contribution is 2.29. The van der Waals surface area contributed by atoms with Crippen LogP contribution < -0.4 is 0 Å². The highest BCUT2D eigenvalue weighted by molar-refractivity contribution is 5.95. The van der Waals surface area contributed by atoms with Gasteiger partial charge < -0.3 is 0 Å². The Labute approximate surface area is 147 Å². The number of pyridine rings is 1. The van der Waals surface area contributed by atoms with Crippen molar-refractivity contribution in [3.8, 4) is 0 Å². The van der Waals surface area contributed by atoms with Gasteiger partial charge in [0.05, 0.1) is 5.56 Å². The Kier molecular flexibility index (Phi) is 4.22. The van der Waals surface area contributed by atoms with Crippen molar-refractivity contribution in [3.05, 3.63) is 65.5 Å². The van der Waals surface area contributed by atoms with E-state index >= 15 is 0 Å². The maximum Gasteiger partial charge on any atom is 0.274 e. The predicted molar refractivity (Wildman–Crippen MR) is 93.6 cm³/mol. The number of carbonyl (C=O) groups excluding carboxylic acids is 2. The van der Waals surface area contributed by atoms with Gasteiger partial charge in [-0.3, -0.25) is 19.6 Å². The number of hydrazine groups is 1. The van der Waals surface area contributed by atoms with E-state index in [9.17, 15) is 9.59 Å². The molecule has 5 nitrogen and oxygen atoms in total. The van der Waals surface area contributed by atoms with Crippen LogP contribution in [0.15, 0.2) is 48.8 Å². The summed E-state index contributed by atoms with van der Waals surface area (Å²) in [6.07, 6.45) is 6.41. The predicted octanol–water partition coefficient (Wildman–Crippen LogP) is 2.48. The van der Waals surface area contributed by atoms with Gasteiger partial charge in [0.1, 0.15) is 0 Å². The first kappa shape index (κ1) is 15.8. The van der Waals surface area contributed by atoms with Crippen molar-refractivity contribution in [2.75, 3.05) is 13.1 Å². The van der Waals surface area contributed by atoms with Crippen molar-refractivity contribution in [3.63, 3.8) is 0 Å². The molecule has 2 amide bonds. The van der Waals surface area contributed by atoms with E-state index in [1.54, 1.807) is 34.5 Å². The first-order valence-corrected chi connectivity index (χ1v) is 8.81. The van der Waals surface area contributed by atoms with Gasteiger partial charge >= 0.3 is 0 Å². The number of nitrogens with zero attached hydrogens (tertiary/aromatic N) is 3. The number of amides is 2. The summed E-state index contributed by atoms with van der Waals surface area (Å²) >= 11 is 0. The molecular formula is C20H21N3O2. The normalized spacial score (nSPS) is 17.0. The Morgan fingerprint density at radius 1 is 1.00 bits per heavy atom. The lowest BCUT2D eigenvalue weighted by Crippen LogP contribution is -2.45. The monoisotopic (exact) mass is 335 g/mol. The van der Waals surface area contributed by atoms with E-state index in [1.807, 2.05) is 0 Å². The summed E-state index contributed by atoms with van der Waals surface area (Å²) in [6.45, 7) is 1.20. The number of hydrogen-bond acceptors (Lipinski definition) is 3. The van der Waals surface area contributed by atoms with Gasteiger partial charge in [0.15, 0.2) is 0 Å². The van der Waals surface area contributed by atoms with Gasteiger partial charge in [0, 0.05) is 31.9 Å². The van der Waals surface area contributed by atoms with E-state index in [2.05, 4.69) is 29.2 Å². The van der Waals surface area contributed by atoms with Gasteiger partial charge in [-0.2, -0.15) is 0 Å². The van der Waals surface area contributed by atoms with Crippen LogP contribution >= 0.6 is 0 Å². The second kappa shape index (κ2) is 6.67. The van der Waals surface area contributed by atoms with E-state index in [1.165, 1.54) is 11.1 Å². The average molecular weight is 335 g/mol. The molecule has 1 saturated heterocycles. The molecule has 0 radical (unpaired) electrons. The van der Waals surface area contributed by atoms with Crippen LogP contribution in [0.1, 0.15) is 34.3 Å². The molecule has 0 N–H and O–H groups in total. The van der Waals surface area contributed by atoms with E-state index in [4.69, 9.17) is 0 Å². The summed E-state index contributed by atoms with van der Waals surface area (Å²) in [6, 6.07) is 11.9. The second-order valence-corrected chi connectivity index (χ2v) is 6.79. The number of rotatable bonds is 3. The number of fused-ring (bicyclic) bond motifs is 1. The molecule has 25 heavy (non-hydrogen) atoms. The summed E-state index contributed by atoms with van der Waals surface area (Å²) in [5.74, 6) is 0.238. The van der Waals surface area contributed by atoms with Crippen LogP contribution in [-0.4, -0.2) is 39.9 Å². The molecule has 2 aromatic rings. The van der Waals surface area contributed by atoms with Gasteiger partial charge in [-0.05, 0) is 48.4 Å². The Bertz CT molecular complexity index is 766. The van der Waals surface area contributed by atoms with Crippen LogP contribution in [0.2, 0.25) is 0 Å². The summed E-state index contributed by atoms with van der Waals surface area (Å²) < 4.78 is 0. The van der Waals surface area contributed by atoms with Crippen LogP contribution in [0.5, 0.6) is 0 Å². The minimum atomic E-state index is -0.145. The number of benzene rings is 1. The van der Waals surface area contributed by atoms with Crippen LogP contribution in [0.3, 0.4) is 0 Å². The molecule has 0 bridgehead atoms. The second-order valence-electron chi connectivity index (χ2n) is 6.79. The summed E-state index contributed by atoms with van der Waals surface area (Å²) in [7, 11) is 0. The zero-order chi connectivity index (χ0) is 17.2. The molecule has 1 aromatic heterocycles. The van der Waals surface area contributed by atoms with E-state index in [-0.39, 0.29) is 11.8 Å². The lowest BCUT2D eigenvalue weighted by atomic mass is 10.0. The number of aromatic nitrogens is 1.